The lowest BCUT2D eigenvalue weighted by atomic mass is 10.1. The maximum atomic E-state index is 12.4. The predicted octanol–water partition coefficient (Wildman–Crippen LogP) is 2.02. The number of benzene rings is 1. The first-order valence-electron chi connectivity index (χ1n) is 9.73. The first kappa shape index (κ1) is 20.4. The number of carbonyl (C=O) groups is 1. The van der Waals surface area contributed by atoms with Crippen molar-refractivity contribution in [1.29, 1.82) is 0 Å². The number of hydrogen-bond donors (Lipinski definition) is 1. The van der Waals surface area contributed by atoms with E-state index >= 15 is 0 Å². The summed E-state index contributed by atoms with van der Waals surface area (Å²) in [5.74, 6) is 0.388. The Hall–Kier alpha value is -2.38. The second kappa shape index (κ2) is 9.21. The zero-order chi connectivity index (χ0) is 20.1. The van der Waals surface area contributed by atoms with Gasteiger partial charge in [0, 0.05) is 25.7 Å². The van der Waals surface area contributed by atoms with Crippen LogP contribution in [0, 0.1) is 13.8 Å². The number of rotatable bonds is 7. The number of morpholine rings is 1. The first-order chi connectivity index (χ1) is 13.4. The molecule has 2 aromatic rings. The van der Waals surface area contributed by atoms with E-state index in [1.807, 2.05) is 19.9 Å². The van der Waals surface area contributed by atoms with Crippen molar-refractivity contribution < 1.29 is 18.7 Å². The zero-order valence-corrected chi connectivity index (χ0v) is 16.7. The molecule has 1 saturated heterocycles. The molecule has 1 aromatic heterocycles. The minimum Gasteiger partial charge on any atom is -0.480 e. The van der Waals surface area contributed by atoms with E-state index in [1.165, 1.54) is 6.07 Å². The molecule has 28 heavy (non-hydrogen) atoms. The molecule has 0 aliphatic carbocycles. The monoisotopic (exact) mass is 388 g/mol. The van der Waals surface area contributed by atoms with Gasteiger partial charge in [-0.1, -0.05) is 0 Å². The van der Waals surface area contributed by atoms with E-state index in [9.17, 15) is 9.59 Å². The Kier molecular flexibility index (Phi) is 6.70. The van der Waals surface area contributed by atoms with Crippen LogP contribution in [0.5, 0.6) is 5.75 Å². The minimum absolute atomic E-state index is 0.160. The van der Waals surface area contributed by atoms with E-state index in [-0.39, 0.29) is 5.91 Å². The summed E-state index contributed by atoms with van der Waals surface area (Å²) in [6.07, 6.45) is 0.232. The van der Waals surface area contributed by atoms with Crippen LogP contribution in [0.15, 0.2) is 27.4 Å². The predicted molar refractivity (Wildman–Crippen MR) is 107 cm³/mol. The van der Waals surface area contributed by atoms with Gasteiger partial charge in [-0.05, 0) is 57.0 Å². The number of aryl methyl sites for hydroxylation is 2. The van der Waals surface area contributed by atoms with Crippen LogP contribution in [0.4, 0.5) is 0 Å². The van der Waals surface area contributed by atoms with Gasteiger partial charge in [-0.2, -0.15) is 0 Å². The molecular formula is C21H28N2O5. The zero-order valence-electron chi connectivity index (χ0n) is 16.7. The molecule has 1 aromatic carbocycles. The summed E-state index contributed by atoms with van der Waals surface area (Å²) in [4.78, 5) is 26.4. The van der Waals surface area contributed by atoms with Gasteiger partial charge >= 0.3 is 5.63 Å². The molecule has 3 rings (SSSR count). The Morgan fingerprint density at radius 1 is 1.25 bits per heavy atom. The third-order valence-electron chi connectivity index (χ3n) is 4.88. The summed E-state index contributed by atoms with van der Waals surface area (Å²) < 4.78 is 16.6. The summed E-state index contributed by atoms with van der Waals surface area (Å²) in [6.45, 7) is 10.4. The smallest absolute Gasteiger partial charge is 0.336 e. The van der Waals surface area contributed by atoms with Crippen molar-refractivity contribution in [1.82, 2.24) is 10.2 Å². The molecule has 1 atom stereocenters. The Labute approximate surface area is 164 Å². The number of fused-ring (bicyclic) bond motifs is 1. The highest BCUT2D eigenvalue weighted by Crippen LogP contribution is 2.30. The topological polar surface area (TPSA) is 81.0 Å². The Morgan fingerprint density at radius 2 is 2.00 bits per heavy atom. The molecule has 1 amide bonds. The molecular weight excluding hydrogens is 360 g/mol. The molecule has 7 heteroatoms. The quantitative estimate of drug-likeness (QED) is 0.577. The number of nitrogens with one attached hydrogen (secondary N) is 1. The van der Waals surface area contributed by atoms with E-state index in [0.29, 0.717) is 17.9 Å². The van der Waals surface area contributed by atoms with Crippen LogP contribution in [0.3, 0.4) is 0 Å². The summed E-state index contributed by atoms with van der Waals surface area (Å²) in [5.41, 5.74) is 1.74. The van der Waals surface area contributed by atoms with Gasteiger partial charge in [-0.25, -0.2) is 4.79 Å². The van der Waals surface area contributed by atoms with E-state index < -0.39 is 11.7 Å². The Bertz CT molecular complexity index is 886. The normalized spacial score (nSPS) is 16.1. The molecule has 1 aliphatic heterocycles. The van der Waals surface area contributed by atoms with E-state index in [1.54, 1.807) is 13.0 Å². The van der Waals surface area contributed by atoms with Crippen molar-refractivity contribution in [2.45, 2.75) is 33.3 Å². The van der Waals surface area contributed by atoms with Gasteiger partial charge < -0.3 is 19.2 Å². The fourth-order valence-corrected chi connectivity index (χ4v) is 3.40. The van der Waals surface area contributed by atoms with Crippen LogP contribution in [0.1, 0.15) is 24.5 Å². The average molecular weight is 388 g/mol. The van der Waals surface area contributed by atoms with Crippen molar-refractivity contribution in [3.05, 3.63) is 39.7 Å². The maximum absolute atomic E-state index is 12.4. The Balaban J connectivity index is 1.58. The van der Waals surface area contributed by atoms with E-state index in [2.05, 4.69) is 10.2 Å². The maximum Gasteiger partial charge on any atom is 0.336 e. The third kappa shape index (κ3) is 5.11. The number of carbonyl (C=O) groups excluding carboxylic acids is 1. The summed E-state index contributed by atoms with van der Waals surface area (Å²) in [6, 6.07) is 5.09. The van der Waals surface area contributed by atoms with Crippen molar-refractivity contribution >= 4 is 16.9 Å². The van der Waals surface area contributed by atoms with Gasteiger partial charge in [-0.3, -0.25) is 9.69 Å². The van der Waals surface area contributed by atoms with Crippen molar-refractivity contribution in [2.24, 2.45) is 0 Å². The molecule has 1 fully saturated rings. The molecule has 0 saturated carbocycles. The van der Waals surface area contributed by atoms with Gasteiger partial charge in [0.05, 0.1) is 18.6 Å². The minimum atomic E-state index is -0.653. The highest BCUT2D eigenvalue weighted by molar-refractivity contribution is 5.88. The van der Waals surface area contributed by atoms with Crippen LogP contribution >= 0.6 is 0 Å². The van der Waals surface area contributed by atoms with Gasteiger partial charge in [-0.15, -0.1) is 0 Å². The van der Waals surface area contributed by atoms with Crippen LogP contribution in [0.25, 0.3) is 11.0 Å². The molecule has 0 spiro atoms. The fraction of sp³-hybridized carbons (Fsp3) is 0.524. The van der Waals surface area contributed by atoms with Crippen molar-refractivity contribution in [2.75, 3.05) is 39.4 Å². The molecule has 7 nitrogen and oxygen atoms in total. The number of hydrogen-bond acceptors (Lipinski definition) is 6. The van der Waals surface area contributed by atoms with Crippen molar-refractivity contribution in [3.8, 4) is 5.75 Å². The van der Waals surface area contributed by atoms with Crippen LogP contribution in [-0.2, 0) is 9.53 Å². The number of ether oxygens (including phenoxy) is 2. The molecule has 0 unspecified atom stereocenters. The van der Waals surface area contributed by atoms with Gasteiger partial charge in [0.2, 0.25) is 0 Å². The third-order valence-corrected chi connectivity index (χ3v) is 4.88. The largest absolute Gasteiger partial charge is 0.480 e. The number of nitrogens with zero attached hydrogens (tertiary/aromatic N) is 1. The van der Waals surface area contributed by atoms with Crippen LogP contribution in [-0.4, -0.2) is 56.3 Å². The lowest BCUT2D eigenvalue weighted by Gasteiger charge is -2.26. The lowest BCUT2D eigenvalue weighted by Crippen LogP contribution is -2.40. The second-order valence-corrected chi connectivity index (χ2v) is 7.24. The molecule has 1 N–H and O–H groups in total. The molecule has 152 valence electrons. The highest BCUT2D eigenvalue weighted by Gasteiger charge is 2.18. The highest BCUT2D eigenvalue weighted by atomic mass is 16.5. The Morgan fingerprint density at radius 3 is 2.75 bits per heavy atom. The molecule has 2 heterocycles. The average Bonchev–Trinajstić information content (AvgIpc) is 2.64. The van der Waals surface area contributed by atoms with Gasteiger partial charge in [0.15, 0.2) is 6.10 Å². The summed E-state index contributed by atoms with van der Waals surface area (Å²) in [7, 11) is 0. The van der Waals surface area contributed by atoms with Gasteiger partial charge in [0.1, 0.15) is 11.3 Å². The lowest BCUT2D eigenvalue weighted by molar-refractivity contribution is -0.127. The summed E-state index contributed by atoms with van der Waals surface area (Å²) in [5, 5.41) is 3.65. The van der Waals surface area contributed by atoms with E-state index in [4.69, 9.17) is 13.9 Å². The van der Waals surface area contributed by atoms with Crippen molar-refractivity contribution in [3.63, 3.8) is 0 Å². The first-order valence-corrected chi connectivity index (χ1v) is 9.73. The number of amides is 1. The van der Waals surface area contributed by atoms with Crippen LogP contribution in [0.2, 0.25) is 0 Å². The standard InChI is InChI=1S/C21H28N2O5/c1-14-11-17(20-15(2)13-19(24)28-18(20)12-14)27-16(3)21(25)22-5-4-6-23-7-9-26-10-8-23/h11-13,16H,4-10H2,1-3H3,(H,22,25)/t16-/m1/s1. The second-order valence-electron chi connectivity index (χ2n) is 7.24. The molecule has 0 bridgehead atoms. The molecule has 1 aliphatic rings. The SMILES string of the molecule is Cc1cc(O[C@H](C)C(=O)NCCCN2CCOCC2)c2c(C)cc(=O)oc2c1. The van der Waals surface area contributed by atoms with Crippen LogP contribution < -0.4 is 15.7 Å². The summed E-state index contributed by atoms with van der Waals surface area (Å²) >= 11 is 0. The van der Waals surface area contributed by atoms with Gasteiger partial charge in [0.25, 0.3) is 5.91 Å². The van der Waals surface area contributed by atoms with E-state index in [0.717, 1.165) is 55.8 Å². The fourth-order valence-electron chi connectivity index (χ4n) is 3.40. The molecule has 0 radical (unpaired) electrons.